The van der Waals surface area contributed by atoms with Crippen molar-refractivity contribution in [3.8, 4) is 0 Å². The Kier molecular flexibility index (Phi) is 6.12. The van der Waals surface area contributed by atoms with E-state index >= 15 is 0 Å². The van der Waals surface area contributed by atoms with Crippen molar-refractivity contribution >= 4 is 16.5 Å². The Morgan fingerprint density at radius 2 is 2.09 bits per heavy atom. The highest BCUT2D eigenvalue weighted by Crippen LogP contribution is 2.35. The molecule has 8 heteroatoms. The van der Waals surface area contributed by atoms with Gasteiger partial charge in [0, 0.05) is 9.13 Å². The van der Waals surface area contributed by atoms with Crippen LogP contribution in [0.3, 0.4) is 0 Å². The van der Waals surface area contributed by atoms with Crippen LogP contribution < -0.4 is 0 Å². The van der Waals surface area contributed by atoms with Crippen LogP contribution in [0.15, 0.2) is 12.3 Å². The number of aliphatic hydroxyl groups excluding tert-OH is 1. The summed E-state index contributed by atoms with van der Waals surface area (Å²) in [6.45, 7) is -0.144. The van der Waals surface area contributed by atoms with Crippen LogP contribution in [-0.4, -0.2) is 16.6 Å². The minimum atomic E-state index is -2.91. The molecule has 0 amide bonds. The van der Waals surface area contributed by atoms with Gasteiger partial charge in [-0.2, -0.15) is 0 Å². The molecule has 0 bridgehead atoms. The third-order valence-corrected chi connectivity index (χ3v) is 1.97. The van der Waals surface area contributed by atoms with Crippen LogP contribution >= 0.6 is 16.5 Å². The van der Waals surface area contributed by atoms with Gasteiger partial charge in [0.25, 0.3) is 0 Å². The van der Waals surface area contributed by atoms with E-state index in [-0.39, 0.29) is 6.61 Å². The minimum absolute atomic E-state index is 0.144. The van der Waals surface area contributed by atoms with Gasteiger partial charge in [0.15, 0.2) is 4.31 Å². The van der Waals surface area contributed by atoms with Crippen molar-refractivity contribution in [3.05, 3.63) is 12.3 Å². The maximum atomic E-state index is 10.4. The molecule has 62 valence electrons. The van der Waals surface area contributed by atoms with Gasteiger partial charge in [-0.1, -0.05) is 0 Å². The molecule has 0 aliphatic carbocycles. The van der Waals surface area contributed by atoms with E-state index < -0.39 is 16.5 Å². The molecule has 0 heterocycles. The van der Waals surface area contributed by atoms with Gasteiger partial charge >= 0.3 is 16.5 Å². The van der Waals surface area contributed by atoms with Crippen molar-refractivity contribution in [1.29, 1.82) is 0 Å². The topological polar surface area (TPSA) is 93.1 Å². The molecule has 2 atom stereocenters. The van der Waals surface area contributed by atoms with E-state index in [1.807, 2.05) is 0 Å². The highest BCUT2D eigenvalue weighted by Gasteiger charge is 2.35. The molecule has 0 fully saturated rings. The van der Waals surface area contributed by atoms with Gasteiger partial charge in [-0.15, -0.1) is 9.42 Å². The SMILES string of the molecule is O=[P+](O)O[P+](=O)OCC=CO. The van der Waals surface area contributed by atoms with E-state index in [2.05, 4.69) is 8.83 Å². The predicted octanol–water partition coefficient (Wildman–Crippen LogP) is 1.40. The molecule has 0 spiro atoms. The van der Waals surface area contributed by atoms with Gasteiger partial charge in [0.1, 0.15) is 6.61 Å². The van der Waals surface area contributed by atoms with Crippen molar-refractivity contribution in [2.75, 3.05) is 6.61 Å². The second-order valence-corrected chi connectivity index (χ2v) is 3.06. The molecule has 0 aliphatic rings. The third kappa shape index (κ3) is 7.52. The Balaban J connectivity index is 3.45. The van der Waals surface area contributed by atoms with Crippen LogP contribution in [0.25, 0.3) is 0 Å². The zero-order valence-electron chi connectivity index (χ0n) is 5.28. The fourth-order valence-corrected chi connectivity index (χ4v) is 1.08. The van der Waals surface area contributed by atoms with Crippen molar-refractivity contribution in [2.45, 2.75) is 0 Å². The summed E-state index contributed by atoms with van der Waals surface area (Å²) in [5.41, 5.74) is 0. The van der Waals surface area contributed by atoms with Gasteiger partial charge in [-0.05, 0) is 6.08 Å². The first-order valence-electron chi connectivity index (χ1n) is 2.40. The standard InChI is InChI=1S/C3H4O6P2/c4-2-1-3-8-11(7)9-10(5)6/h1-2H,3H2/p+2. The van der Waals surface area contributed by atoms with E-state index in [0.717, 1.165) is 6.08 Å². The second-order valence-electron chi connectivity index (χ2n) is 1.22. The van der Waals surface area contributed by atoms with Crippen LogP contribution in [0.2, 0.25) is 0 Å². The fraction of sp³-hybridized carbons (Fsp3) is 0.333. The summed E-state index contributed by atoms with van der Waals surface area (Å²) in [4.78, 5) is 8.04. The molecule has 11 heavy (non-hydrogen) atoms. The predicted molar refractivity (Wildman–Crippen MR) is 36.2 cm³/mol. The summed E-state index contributed by atoms with van der Waals surface area (Å²) >= 11 is 0. The van der Waals surface area contributed by atoms with Crippen LogP contribution in [0.4, 0.5) is 0 Å². The highest BCUT2D eigenvalue weighted by atomic mass is 31.2. The van der Waals surface area contributed by atoms with Crippen molar-refractivity contribution in [2.24, 2.45) is 0 Å². The van der Waals surface area contributed by atoms with E-state index in [1.54, 1.807) is 0 Å². The van der Waals surface area contributed by atoms with Gasteiger partial charge in [0.2, 0.25) is 0 Å². The molecule has 2 unspecified atom stereocenters. The number of aliphatic hydroxyl groups is 1. The molecule has 0 aromatic rings. The Morgan fingerprint density at radius 1 is 1.45 bits per heavy atom. The molecular weight excluding hydrogens is 194 g/mol. The largest absolute Gasteiger partial charge is 0.748 e. The van der Waals surface area contributed by atoms with Crippen molar-refractivity contribution in [3.63, 3.8) is 0 Å². The lowest BCUT2D eigenvalue weighted by Crippen LogP contribution is -1.79. The van der Waals surface area contributed by atoms with E-state index in [1.165, 1.54) is 0 Å². The lowest BCUT2D eigenvalue weighted by molar-refractivity contribution is 0.304. The first kappa shape index (κ1) is 10.6. The second kappa shape index (κ2) is 6.34. The summed E-state index contributed by atoms with van der Waals surface area (Å²) in [5.74, 6) is 0. The lowest BCUT2D eigenvalue weighted by atomic mass is 10.7. The highest BCUT2D eigenvalue weighted by molar-refractivity contribution is 7.47. The number of hydrogen-bond acceptors (Lipinski definition) is 5. The fourth-order valence-electron chi connectivity index (χ4n) is 0.228. The lowest BCUT2D eigenvalue weighted by Gasteiger charge is -1.75. The average molecular weight is 200 g/mol. The summed E-state index contributed by atoms with van der Waals surface area (Å²) in [6, 6.07) is 0. The monoisotopic (exact) mass is 200 g/mol. The molecule has 0 aliphatic heterocycles. The van der Waals surface area contributed by atoms with E-state index in [9.17, 15) is 9.13 Å². The summed E-state index contributed by atoms with van der Waals surface area (Å²) < 4.78 is 28.3. The zero-order chi connectivity index (χ0) is 8.69. The van der Waals surface area contributed by atoms with E-state index in [0.29, 0.717) is 6.26 Å². The van der Waals surface area contributed by atoms with Gasteiger partial charge in [-0.25, -0.2) is 0 Å². The first-order valence-corrected chi connectivity index (χ1v) is 4.63. The maximum absolute atomic E-state index is 10.4. The van der Waals surface area contributed by atoms with Crippen LogP contribution in [-0.2, 0) is 18.0 Å². The molecule has 0 aromatic heterocycles. The Bertz CT molecular complexity index is 177. The van der Waals surface area contributed by atoms with Gasteiger partial charge in [-0.3, -0.25) is 0 Å². The normalized spacial score (nSPS) is 13.5. The summed E-state index contributed by atoms with van der Waals surface area (Å²) in [6.07, 6.45) is 1.85. The molecule has 2 N–H and O–H groups in total. The first-order chi connectivity index (χ1) is 5.16. The van der Waals surface area contributed by atoms with Gasteiger partial charge < -0.3 is 5.11 Å². The molecular formula is C3H6O6P2+2. The quantitative estimate of drug-likeness (QED) is 0.514. The zero-order valence-corrected chi connectivity index (χ0v) is 7.07. The third-order valence-electron chi connectivity index (χ3n) is 0.518. The Hall–Kier alpha value is -0.380. The molecule has 0 rings (SSSR count). The molecule has 0 radical (unpaired) electrons. The van der Waals surface area contributed by atoms with E-state index in [4.69, 9.17) is 10.00 Å². The van der Waals surface area contributed by atoms with Crippen LogP contribution in [0, 0.1) is 0 Å². The number of hydrogen-bond donors (Lipinski definition) is 2. The van der Waals surface area contributed by atoms with Crippen molar-refractivity contribution < 1.29 is 28.0 Å². The summed E-state index contributed by atoms with van der Waals surface area (Å²) in [5, 5.41) is 8.06. The van der Waals surface area contributed by atoms with Crippen LogP contribution in [0.1, 0.15) is 0 Å². The van der Waals surface area contributed by atoms with Crippen molar-refractivity contribution in [1.82, 2.24) is 0 Å². The molecule has 6 nitrogen and oxygen atoms in total. The average Bonchev–Trinajstić information content (AvgIpc) is 1.86. The molecule has 0 saturated carbocycles. The minimum Gasteiger partial charge on any atom is -0.516 e. The Morgan fingerprint density at radius 3 is 2.55 bits per heavy atom. The van der Waals surface area contributed by atoms with Gasteiger partial charge in [0.05, 0.1) is 6.26 Å². The molecule has 0 aromatic carbocycles. The maximum Gasteiger partial charge on any atom is 0.748 e. The smallest absolute Gasteiger partial charge is 0.516 e. The summed E-state index contributed by atoms with van der Waals surface area (Å²) in [7, 11) is -5.48. The number of rotatable bonds is 5. The molecule has 0 saturated heterocycles. The Labute approximate surface area is 64.4 Å². The van der Waals surface area contributed by atoms with Crippen LogP contribution in [0.5, 0.6) is 0 Å².